The van der Waals surface area contributed by atoms with Crippen molar-refractivity contribution in [2.45, 2.75) is 18.4 Å². The van der Waals surface area contributed by atoms with Crippen LogP contribution >= 0.6 is 12.4 Å². The fourth-order valence-corrected chi connectivity index (χ4v) is 2.76. The maximum atomic E-state index is 13.8. The summed E-state index contributed by atoms with van der Waals surface area (Å²) < 4.78 is 28.7. The number of nitrogens with one attached hydrogen (secondary N) is 2. The third-order valence-corrected chi connectivity index (χ3v) is 4.00. The van der Waals surface area contributed by atoms with Crippen molar-refractivity contribution in [3.05, 3.63) is 48.3 Å². The average Bonchev–Trinajstić information content (AvgIpc) is 3.07. The van der Waals surface area contributed by atoms with Gasteiger partial charge >= 0.3 is 0 Å². The molecule has 0 atom stereocenters. The normalized spacial score (nSPS) is 16.4. The van der Waals surface area contributed by atoms with E-state index in [-0.39, 0.29) is 24.0 Å². The van der Waals surface area contributed by atoms with E-state index in [2.05, 4.69) is 15.7 Å². The van der Waals surface area contributed by atoms with Gasteiger partial charge < -0.3 is 10.6 Å². The lowest BCUT2D eigenvalue weighted by Gasteiger charge is -2.36. The zero-order valence-corrected chi connectivity index (χ0v) is 13.1. The number of nitrogens with zero attached hydrogens (tertiary/aromatic N) is 2. The van der Waals surface area contributed by atoms with Crippen molar-refractivity contribution in [1.29, 1.82) is 0 Å². The number of aromatic nitrogens is 2. The number of amides is 1. The number of hydrogen-bond acceptors (Lipinski definition) is 3. The van der Waals surface area contributed by atoms with Crippen molar-refractivity contribution in [3.63, 3.8) is 0 Å². The highest BCUT2D eigenvalue weighted by Gasteiger charge is 2.42. The Kier molecular flexibility index (Phi) is 5.33. The molecule has 1 saturated heterocycles. The molecule has 1 fully saturated rings. The van der Waals surface area contributed by atoms with E-state index >= 15 is 0 Å². The molecule has 0 bridgehead atoms. The molecular formula is C15H17ClF2N4O. The molecule has 0 saturated carbocycles. The first-order valence-corrected chi connectivity index (χ1v) is 7.10. The number of hydrogen-bond donors (Lipinski definition) is 2. The van der Waals surface area contributed by atoms with Crippen molar-refractivity contribution >= 4 is 24.0 Å². The summed E-state index contributed by atoms with van der Waals surface area (Å²) in [5.41, 5.74) is -1.05. The fourth-order valence-electron chi connectivity index (χ4n) is 2.76. The summed E-state index contributed by atoms with van der Waals surface area (Å²) >= 11 is 0. The Labute approximate surface area is 138 Å². The Morgan fingerprint density at radius 2 is 2.00 bits per heavy atom. The predicted octanol–water partition coefficient (Wildman–Crippen LogP) is 2.30. The van der Waals surface area contributed by atoms with Gasteiger partial charge in [-0.3, -0.25) is 9.48 Å². The Morgan fingerprint density at radius 1 is 1.26 bits per heavy atom. The first-order chi connectivity index (χ1) is 10.6. The lowest BCUT2D eigenvalue weighted by Crippen LogP contribution is -2.52. The number of halogens is 3. The van der Waals surface area contributed by atoms with Crippen LogP contribution < -0.4 is 10.6 Å². The Hall–Kier alpha value is -1.99. The van der Waals surface area contributed by atoms with Crippen molar-refractivity contribution in [3.8, 4) is 0 Å². The Balaban J connectivity index is 0.00000192. The molecule has 3 rings (SSSR count). The van der Waals surface area contributed by atoms with Crippen LogP contribution in [0.1, 0.15) is 12.8 Å². The number of anilines is 1. The van der Waals surface area contributed by atoms with Crippen LogP contribution in [0.5, 0.6) is 0 Å². The second kappa shape index (κ2) is 7.06. The summed E-state index contributed by atoms with van der Waals surface area (Å²) in [6, 6.07) is 5.45. The van der Waals surface area contributed by atoms with Gasteiger partial charge in [0.25, 0.3) is 5.91 Å². The van der Waals surface area contributed by atoms with E-state index in [9.17, 15) is 13.6 Å². The molecule has 124 valence electrons. The number of piperidine rings is 1. The Morgan fingerprint density at radius 3 is 2.65 bits per heavy atom. The van der Waals surface area contributed by atoms with Crippen molar-refractivity contribution < 1.29 is 13.6 Å². The number of carbonyl (C=O) groups is 1. The second-order valence-electron chi connectivity index (χ2n) is 5.29. The molecule has 2 N–H and O–H groups in total. The number of benzene rings is 1. The van der Waals surface area contributed by atoms with Gasteiger partial charge in [-0.05, 0) is 44.1 Å². The molecule has 0 aliphatic carbocycles. The molecule has 0 radical (unpaired) electrons. The molecule has 2 heterocycles. The van der Waals surface area contributed by atoms with Gasteiger partial charge in [0.15, 0.2) is 11.6 Å². The SMILES string of the molecule is Cl.O=C(Nc1cccc(F)c1F)C1(n2cccn2)CCNCC1. The Bertz CT molecular complexity index is 672. The van der Waals surface area contributed by atoms with Crippen molar-refractivity contribution in [2.75, 3.05) is 18.4 Å². The van der Waals surface area contributed by atoms with Crippen LogP contribution in [0.15, 0.2) is 36.7 Å². The topological polar surface area (TPSA) is 59.0 Å². The van der Waals surface area contributed by atoms with Crippen LogP contribution in [0.3, 0.4) is 0 Å². The maximum Gasteiger partial charge on any atom is 0.252 e. The average molecular weight is 343 g/mol. The lowest BCUT2D eigenvalue weighted by molar-refractivity contribution is -0.126. The van der Waals surface area contributed by atoms with E-state index < -0.39 is 17.2 Å². The number of carbonyl (C=O) groups excluding carboxylic acids is 1. The highest BCUT2D eigenvalue weighted by molar-refractivity contribution is 5.96. The van der Waals surface area contributed by atoms with E-state index in [4.69, 9.17) is 0 Å². The summed E-state index contributed by atoms with van der Waals surface area (Å²) in [7, 11) is 0. The summed E-state index contributed by atoms with van der Waals surface area (Å²) in [5, 5.41) is 9.87. The highest BCUT2D eigenvalue weighted by atomic mass is 35.5. The van der Waals surface area contributed by atoms with Crippen LogP contribution in [0.4, 0.5) is 14.5 Å². The molecule has 1 aromatic carbocycles. The minimum Gasteiger partial charge on any atom is -0.321 e. The predicted molar refractivity (Wildman–Crippen MR) is 84.5 cm³/mol. The monoisotopic (exact) mass is 342 g/mol. The van der Waals surface area contributed by atoms with E-state index in [1.54, 1.807) is 23.1 Å². The standard InChI is InChI=1S/C15H16F2N4O.ClH/c16-11-3-1-4-12(13(11)17)20-14(22)15(5-8-18-9-6-15)21-10-2-7-19-21;/h1-4,7,10,18H,5-6,8-9H2,(H,20,22);1H. The minimum absolute atomic E-state index is 0. The smallest absolute Gasteiger partial charge is 0.252 e. The quantitative estimate of drug-likeness (QED) is 0.900. The van der Waals surface area contributed by atoms with Crippen LogP contribution in [0.2, 0.25) is 0 Å². The fraction of sp³-hybridized carbons (Fsp3) is 0.333. The first kappa shape index (κ1) is 17.4. The van der Waals surface area contributed by atoms with Gasteiger partial charge in [-0.1, -0.05) is 6.07 Å². The van der Waals surface area contributed by atoms with E-state index in [0.717, 1.165) is 6.07 Å². The molecule has 1 aliphatic heterocycles. The van der Waals surface area contributed by atoms with Gasteiger partial charge in [0, 0.05) is 12.4 Å². The zero-order valence-electron chi connectivity index (χ0n) is 12.3. The molecule has 5 nitrogen and oxygen atoms in total. The molecule has 0 unspecified atom stereocenters. The summed E-state index contributed by atoms with van der Waals surface area (Å²) in [6.45, 7) is 1.30. The molecule has 8 heteroatoms. The molecule has 23 heavy (non-hydrogen) atoms. The van der Waals surface area contributed by atoms with Gasteiger partial charge in [0.1, 0.15) is 5.54 Å². The highest BCUT2D eigenvalue weighted by Crippen LogP contribution is 2.29. The van der Waals surface area contributed by atoms with Crippen molar-refractivity contribution in [1.82, 2.24) is 15.1 Å². The van der Waals surface area contributed by atoms with Crippen LogP contribution in [0, 0.1) is 11.6 Å². The van der Waals surface area contributed by atoms with Gasteiger partial charge in [0.2, 0.25) is 0 Å². The van der Waals surface area contributed by atoms with E-state index in [1.165, 1.54) is 12.1 Å². The summed E-state index contributed by atoms with van der Waals surface area (Å²) in [5.74, 6) is -2.43. The minimum atomic E-state index is -1.06. The van der Waals surface area contributed by atoms with Gasteiger partial charge in [-0.2, -0.15) is 5.10 Å². The second-order valence-corrected chi connectivity index (χ2v) is 5.29. The first-order valence-electron chi connectivity index (χ1n) is 7.10. The van der Waals surface area contributed by atoms with Gasteiger partial charge in [-0.15, -0.1) is 12.4 Å². The largest absolute Gasteiger partial charge is 0.321 e. The van der Waals surface area contributed by atoms with Crippen LogP contribution in [-0.4, -0.2) is 28.8 Å². The van der Waals surface area contributed by atoms with Gasteiger partial charge in [-0.25, -0.2) is 8.78 Å². The third kappa shape index (κ3) is 3.20. The molecule has 0 spiro atoms. The van der Waals surface area contributed by atoms with Crippen LogP contribution in [-0.2, 0) is 10.3 Å². The van der Waals surface area contributed by atoms with E-state index in [1.807, 2.05) is 0 Å². The molecular weight excluding hydrogens is 326 g/mol. The molecule has 1 aromatic heterocycles. The number of rotatable bonds is 3. The zero-order chi connectivity index (χ0) is 15.6. The van der Waals surface area contributed by atoms with Crippen molar-refractivity contribution in [2.24, 2.45) is 0 Å². The summed E-state index contributed by atoms with van der Waals surface area (Å²) in [4.78, 5) is 12.8. The molecule has 1 aliphatic rings. The third-order valence-electron chi connectivity index (χ3n) is 4.00. The molecule has 2 aromatic rings. The molecule has 1 amide bonds. The van der Waals surface area contributed by atoms with Gasteiger partial charge in [0.05, 0.1) is 5.69 Å². The van der Waals surface area contributed by atoms with Crippen LogP contribution in [0.25, 0.3) is 0 Å². The maximum absolute atomic E-state index is 13.8. The summed E-state index contributed by atoms with van der Waals surface area (Å²) in [6.07, 6.45) is 4.36. The van der Waals surface area contributed by atoms with E-state index in [0.29, 0.717) is 25.9 Å². The lowest BCUT2D eigenvalue weighted by atomic mass is 9.87.